The molecule has 0 spiro atoms. The standard InChI is InChI=1S/C17H18N4O3S/c1-10-3-4-12(11(2)7-10)16-20-13(9-25-16)15(23)18-5-6-21-14(22)8-19-17(21)24/h3-4,7,9H,5-6,8H2,1-2H3,(H,18,23)(H,19,24). The molecule has 3 rings (SSSR count). The number of rotatable bonds is 5. The van der Waals surface area contributed by atoms with Crippen LogP contribution in [-0.2, 0) is 4.79 Å². The lowest BCUT2D eigenvalue weighted by Gasteiger charge is -2.12. The van der Waals surface area contributed by atoms with E-state index in [1.165, 1.54) is 16.9 Å². The molecule has 0 unspecified atom stereocenters. The van der Waals surface area contributed by atoms with Crippen molar-refractivity contribution in [1.82, 2.24) is 20.5 Å². The molecule has 0 radical (unpaired) electrons. The van der Waals surface area contributed by atoms with Crippen molar-refractivity contribution in [3.8, 4) is 10.6 Å². The molecule has 0 aliphatic carbocycles. The molecule has 1 saturated heterocycles. The topological polar surface area (TPSA) is 91.4 Å². The van der Waals surface area contributed by atoms with Gasteiger partial charge in [-0.15, -0.1) is 11.3 Å². The smallest absolute Gasteiger partial charge is 0.324 e. The van der Waals surface area contributed by atoms with Gasteiger partial charge in [-0.1, -0.05) is 23.8 Å². The number of carbonyl (C=O) groups is 3. The van der Waals surface area contributed by atoms with Crippen LogP contribution in [0, 0.1) is 13.8 Å². The van der Waals surface area contributed by atoms with Crippen molar-refractivity contribution in [3.63, 3.8) is 0 Å². The number of amides is 4. The van der Waals surface area contributed by atoms with Crippen molar-refractivity contribution in [2.45, 2.75) is 13.8 Å². The number of imide groups is 1. The average Bonchev–Trinajstić information content (AvgIpc) is 3.16. The van der Waals surface area contributed by atoms with Gasteiger partial charge in [0, 0.05) is 24.0 Å². The van der Waals surface area contributed by atoms with Gasteiger partial charge in [0.25, 0.3) is 5.91 Å². The minimum atomic E-state index is -0.426. The second kappa shape index (κ2) is 7.02. The molecule has 2 N–H and O–H groups in total. The molecule has 1 aliphatic rings. The fourth-order valence-electron chi connectivity index (χ4n) is 2.61. The minimum Gasteiger partial charge on any atom is -0.349 e. The molecule has 25 heavy (non-hydrogen) atoms. The number of hydrogen-bond donors (Lipinski definition) is 2. The molecule has 130 valence electrons. The Bertz CT molecular complexity index is 830. The Kier molecular flexibility index (Phi) is 4.80. The lowest BCUT2D eigenvalue weighted by atomic mass is 10.1. The third kappa shape index (κ3) is 3.69. The van der Waals surface area contributed by atoms with Crippen LogP contribution in [0.25, 0.3) is 10.6 Å². The van der Waals surface area contributed by atoms with Gasteiger partial charge in [0.2, 0.25) is 5.91 Å². The summed E-state index contributed by atoms with van der Waals surface area (Å²) < 4.78 is 0. The molecule has 2 aromatic rings. The molecule has 1 fully saturated rings. The van der Waals surface area contributed by atoms with E-state index in [-0.39, 0.29) is 31.4 Å². The van der Waals surface area contributed by atoms with E-state index in [1.807, 2.05) is 26.0 Å². The maximum Gasteiger partial charge on any atom is 0.324 e. The van der Waals surface area contributed by atoms with Crippen molar-refractivity contribution < 1.29 is 14.4 Å². The van der Waals surface area contributed by atoms with Gasteiger partial charge in [-0.05, 0) is 19.4 Å². The fourth-order valence-corrected chi connectivity index (χ4v) is 3.50. The van der Waals surface area contributed by atoms with Crippen molar-refractivity contribution in [2.75, 3.05) is 19.6 Å². The van der Waals surface area contributed by atoms with Crippen LogP contribution in [0.4, 0.5) is 4.79 Å². The fraction of sp³-hybridized carbons (Fsp3) is 0.294. The first-order valence-electron chi connectivity index (χ1n) is 7.85. The number of nitrogens with zero attached hydrogens (tertiary/aromatic N) is 2. The summed E-state index contributed by atoms with van der Waals surface area (Å²) in [6, 6.07) is 5.67. The lowest BCUT2D eigenvalue weighted by Crippen LogP contribution is -2.38. The molecule has 8 heteroatoms. The van der Waals surface area contributed by atoms with Gasteiger partial charge in [-0.3, -0.25) is 14.5 Å². The van der Waals surface area contributed by atoms with Crippen molar-refractivity contribution in [2.24, 2.45) is 0 Å². The Labute approximate surface area is 149 Å². The highest BCUT2D eigenvalue weighted by Crippen LogP contribution is 2.27. The van der Waals surface area contributed by atoms with Gasteiger partial charge in [-0.2, -0.15) is 0 Å². The first kappa shape index (κ1) is 17.1. The van der Waals surface area contributed by atoms with Gasteiger partial charge in [-0.25, -0.2) is 9.78 Å². The summed E-state index contributed by atoms with van der Waals surface area (Å²) in [5, 5.41) is 7.62. The number of aromatic nitrogens is 1. The lowest BCUT2D eigenvalue weighted by molar-refractivity contribution is -0.124. The van der Waals surface area contributed by atoms with Crippen molar-refractivity contribution >= 4 is 29.2 Å². The predicted octanol–water partition coefficient (Wildman–Crippen LogP) is 1.71. The molecule has 0 saturated carbocycles. The molecule has 1 aromatic heterocycles. The molecule has 0 atom stereocenters. The normalized spacial score (nSPS) is 13.9. The van der Waals surface area contributed by atoms with Crippen LogP contribution in [-0.4, -0.2) is 47.4 Å². The zero-order valence-corrected chi connectivity index (χ0v) is 14.8. The van der Waals surface area contributed by atoms with Crippen LogP contribution >= 0.6 is 11.3 Å². The maximum absolute atomic E-state index is 12.2. The van der Waals surface area contributed by atoms with Gasteiger partial charge >= 0.3 is 6.03 Å². The highest BCUT2D eigenvalue weighted by molar-refractivity contribution is 7.13. The molecular formula is C17H18N4O3S. The molecular weight excluding hydrogens is 340 g/mol. The largest absolute Gasteiger partial charge is 0.349 e. The van der Waals surface area contributed by atoms with Gasteiger partial charge in [0.05, 0.1) is 6.54 Å². The van der Waals surface area contributed by atoms with Crippen LogP contribution in [0.1, 0.15) is 21.6 Å². The van der Waals surface area contributed by atoms with Crippen LogP contribution in [0.2, 0.25) is 0 Å². The quantitative estimate of drug-likeness (QED) is 0.796. The van der Waals surface area contributed by atoms with Crippen LogP contribution < -0.4 is 10.6 Å². The van der Waals surface area contributed by atoms with Crippen molar-refractivity contribution in [3.05, 3.63) is 40.4 Å². The molecule has 0 bridgehead atoms. The van der Waals surface area contributed by atoms with E-state index in [0.717, 1.165) is 21.0 Å². The SMILES string of the molecule is Cc1ccc(-c2nc(C(=O)NCCN3C(=O)CNC3=O)cs2)c(C)c1. The van der Waals surface area contributed by atoms with Crippen LogP contribution in [0.3, 0.4) is 0 Å². The predicted molar refractivity (Wildman–Crippen MR) is 94.5 cm³/mol. The number of urea groups is 1. The number of hydrogen-bond acceptors (Lipinski definition) is 5. The van der Waals surface area contributed by atoms with Crippen LogP contribution in [0.5, 0.6) is 0 Å². The van der Waals surface area contributed by atoms with Gasteiger partial charge < -0.3 is 10.6 Å². The Morgan fingerprint density at radius 1 is 1.36 bits per heavy atom. The average molecular weight is 358 g/mol. The third-order valence-corrected chi connectivity index (χ3v) is 4.78. The van der Waals surface area contributed by atoms with Gasteiger partial charge in [0.15, 0.2) is 0 Å². The first-order valence-corrected chi connectivity index (χ1v) is 8.73. The number of nitrogens with one attached hydrogen (secondary N) is 2. The third-order valence-electron chi connectivity index (χ3n) is 3.91. The summed E-state index contributed by atoms with van der Waals surface area (Å²) in [6.07, 6.45) is 0. The molecule has 7 nitrogen and oxygen atoms in total. The van der Waals surface area contributed by atoms with E-state index in [4.69, 9.17) is 0 Å². The van der Waals surface area contributed by atoms with E-state index in [2.05, 4.69) is 21.7 Å². The summed E-state index contributed by atoms with van der Waals surface area (Å²) in [5.74, 6) is -0.607. The van der Waals surface area contributed by atoms with E-state index >= 15 is 0 Å². The maximum atomic E-state index is 12.2. The summed E-state index contributed by atoms with van der Waals surface area (Å²) in [6.45, 7) is 4.39. The number of aryl methyl sites for hydroxylation is 2. The number of carbonyl (C=O) groups excluding carboxylic acids is 3. The zero-order chi connectivity index (χ0) is 18.0. The molecule has 1 aliphatic heterocycles. The van der Waals surface area contributed by atoms with Crippen LogP contribution in [0.15, 0.2) is 23.6 Å². The van der Waals surface area contributed by atoms with E-state index in [0.29, 0.717) is 5.69 Å². The summed E-state index contributed by atoms with van der Waals surface area (Å²) >= 11 is 1.41. The molecule has 2 heterocycles. The Morgan fingerprint density at radius 2 is 2.16 bits per heavy atom. The Morgan fingerprint density at radius 3 is 2.84 bits per heavy atom. The summed E-state index contributed by atoms with van der Waals surface area (Å²) in [7, 11) is 0. The molecule has 4 amide bonds. The van der Waals surface area contributed by atoms with E-state index < -0.39 is 6.03 Å². The highest BCUT2D eigenvalue weighted by atomic mass is 32.1. The van der Waals surface area contributed by atoms with Crippen molar-refractivity contribution in [1.29, 1.82) is 0 Å². The second-order valence-corrected chi connectivity index (χ2v) is 6.67. The van der Waals surface area contributed by atoms with E-state index in [9.17, 15) is 14.4 Å². The monoisotopic (exact) mass is 358 g/mol. The number of benzene rings is 1. The highest BCUT2D eigenvalue weighted by Gasteiger charge is 2.27. The number of thiazole rings is 1. The van der Waals surface area contributed by atoms with Gasteiger partial charge in [0.1, 0.15) is 10.7 Å². The summed E-state index contributed by atoms with van der Waals surface area (Å²) in [5.41, 5.74) is 3.63. The minimum absolute atomic E-state index is 0.0120. The summed E-state index contributed by atoms with van der Waals surface area (Å²) in [4.78, 5) is 40.6. The Balaban J connectivity index is 1.61. The molecule has 1 aromatic carbocycles. The Hall–Kier alpha value is -2.74. The first-order chi connectivity index (χ1) is 12.0. The van der Waals surface area contributed by atoms with E-state index in [1.54, 1.807) is 5.38 Å². The second-order valence-electron chi connectivity index (χ2n) is 5.82. The zero-order valence-electron chi connectivity index (χ0n) is 14.0.